The third kappa shape index (κ3) is 2.58. The van der Waals surface area contributed by atoms with Crippen LogP contribution in [0.1, 0.15) is 12.8 Å². The summed E-state index contributed by atoms with van der Waals surface area (Å²) in [6.07, 6.45) is -4.08. The topological polar surface area (TPSA) is 55.1 Å². The van der Waals surface area contributed by atoms with Crippen molar-refractivity contribution >= 4 is 5.91 Å². The fraction of sp³-hybridized carbons (Fsp3) is 0.857. The second-order valence-electron chi connectivity index (χ2n) is 3.18. The van der Waals surface area contributed by atoms with E-state index in [0.29, 0.717) is 0 Å². The van der Waals surface area contributed by atoms with E-state index < -0.39 is 24.0 Å². The van der Waals surface area contributed by atoms with Crippen LogP contribution in [-0.2, 0) is 4.79 Å². The van der Waals surface area contributed by atoms with Gasteiger partial charge in [0.1, 0.15) is 6.04 Å². The van der Waals surface area contributed by atoms with E-state index in [2.05, 4.69) is 5.32 Å². The van der Waals surface area contributed by atoms with Crippen LogP contribution in [0.5, 0.6) is 0 Å². The van der Waals surface area contributed by atoms with E-state index in [4.69, 9.17) is 5.73 Å². The Hall–Kier alpha value is -0.780. The molecule has 3 nitrogen and oxygen atoms in total. The number of rotatable bonds is 1. The molecule has 2 atom stereocenters. The number of hydrogen-bond donors (Lipinski definition) is 2. The first-order valence-electron chi connectivity index (χ1n) is 4.00. The molecule has 0 aromatic carbocycles. The summed E-state index contributed by atoms with van der Waals surface area (Å²) in [5.74, 6) is -0.994. The molecule has 0 aromatic rings. The van der Waals surface area contributed by atoms with Crippen LogP contribution >= 0.6 is 0 Å². The van der Waals surface area contributed by atoms with Crippen molar-refractivity contribution in [1.29, 1.82) is 0 Å². The molecule has 2 unspecified atom stereocenters. The highest BCUT2D eigenvalue weighted by Gasteiger charge is 2.42. The molecule has 0 bridgehead atoms. The molecule has 0 aromatic heterocycles. The number of carbonyl (C=O) groups is 1. The Morgan fingerprint density at radius 3 is 2.31 bits per heavy atom. The average Bonchev–Trinajstić information content (AvgIpc) is 2.03. The average molecular weight is 196 g/mol. The number of nitrogens with one attached hydrogen (secondary N) is 1. The SMILES string of the molecule is NC(=O)C1CCC(C(F)(F)F)NC1. The maximum atomic E-state index is 12.1. The van der Waals surface area contributed by atoms with Crippen molar-refractivity contribution in [2.75, 3.05) is 6.54 Å². The van der Waals surface area contributed by atoms with Crippen molar-refractivity contribution in [1.82, 2.24) is 5.32 Å². The number of hydrogen-bond acceptors (Lipinski definition) is 2. The number of alkyl halides is 3. The van der Waals surface area contributed by atoms with Gasteiger partial charge in [-0.3, -0.25) is 4.79 Å². The quantitative estimate of drug-likeness (QED) is 0.637. The Morgan fingerprint density at radius 2 is 2.00 bits per heavy atom. The van der Waals surface area contributed by atoms with Crippen molar-refractivity contribution in [3.8, 4) is 0 Å². The van der Waals surface area contributed by atoms with E-state index in [9.17, 15) is 18.0 Å². The molecule has 0 spiro atoms. The summed E-state index contributed by atoms with van der Waals surface area (Å²) in [5, 5.41) is 2.26. The minimum Gasteiger partial charge on any atom is -0.369 e. The minimum atomic E-state index is -4.22. The van der Waals surface area contributed by atoms with Gasteiger partial charge in [-0.2, -0.15) is 13.2 Å². The van der Waals surface area contributed by atoms with Crippen molar-refractivity contribution in [2.24, 2.45) is 11.7 Å². The van der Waals surface area contributed by atoms with Gasteiger partial charge in [-0.1, -0.05) is 0 Å². The zero-order valence-electron chi connectivity index (χ0n) is 6.90. The molecule has 0 radical (unpaired) electrons. The number of halogens is 3. The van der Waals surface area contributed by atoms with Crippen LogP contribution < -0.4 is 11.1 Å². The molecule has 1 saturated heterocycles. The monoisotopic (exact) mass is 196 g/mol. The number of piperidine rings is 1. The normalized spacial score (nSPS) is 30.1. The van der Waals surface area contributed by atoms with E-state index in [-0.39, 0.29) is 19.4 Å². The molecular weight excluding hydrogens is 185 g/mol. The molecule has 1 rings (SSSR count). The molecule has 0 aliphatic carbocycles. The molecule has 1 aliphatic heterocycles. The van der Waals surface area contributed by atoms with Gasteiger partial charge in [0.2, 0.25) is 5.91 Å². The highest BCUT2D eigenvalue weighted by atomic mass is 19.4. The molecule has 13 heavy (non-hydrogen) atoms. The summed E-state index contributed by atoms with van der Waals surface area (Å²) in [6, 6.07) is -1.48. The number of carbonyl (C=O) groups excluding carboxylic acids is 1. The van der Waals surface area contributed by atoms with Gasteiger partial charge in [0, 0.05) is 6.54 Å². The molecule has 1 aliphatic rings. The highest BCUT2D eigenvalue weighted by Crippen LogP contribution is 2.27. The van der Waals surface area contributed by atoms with Gasteiger partial charge < -0.3 is 11.1 Å². The molecule has 6 heteroatoms. The smallest absolute Gasteiger partial charge is 0.369 e. The summed E-state index contributed by atoms with van der Waals surface area (Å²) < 4.78 is 36.3. The number of primary amides is 1. The van der Waals surface area contributed by atoms with Gasteiger partial charge in [0.05, 0.1) is 5.92 Å². The van der Waals surface area contributed by atoms with Crippen LogP contribution in [0.15, 0.2) is 0 Å². The third-order valence-electron chi connectivity index (χ3n) is 2.21. The minimum absolute atomic E-state index is 0.0273. The molecule has 76 valence electrons. The maximum Gasteiger partial charge on any atom is 0.403 e. The standard InChI is InChI=1S/C7H11F3N2O/c8-7(9,10)5-2-1-4(3-12-5)6(11)13/h4-5,12H,1-3H2,(H2,11,13). The van der Waals surface area contributed by atoms with E-state index in [1.807, 2.05) is 0 Å². The molecule has 1 amide bonds. The van der Waals surface area contributed by atoms with Crippen LogP contribution in [-0.4, -0.2) is 24.7 Å². The van der Waals surface area contributed by atoms with Gasteiger partial charge in [-0.15, -0.1) is 0 Å². The Kier molecular flexibility index (Phi) is 2.80. The van der Waals surface area contributed by atoms with Gasteiger partial charge in [0.15, 0.2) is 0 Å². The molecule has 0 saturated carbocycles. The lowest BCUT2D eigenvalue weighted by atomic mass is 9.94. The predicted molar refractivity (Wildman–Crippen MR) is 39.8 cm³/mol. The van der Waals surface area contributed by atoms with Gasteiger partial charge in [-0.05, 0) is 12.8 Å². The summed E-state index contributed by atoms with van der Waals surface area (Å²) in [4.78, 5) is 10.6. The maximum absolute atomic E-state index is 12.1. The fourth-order valence-electron chi connectivity index (χ4n) is 1.38. The third-order valence-corrected chi connectivity index (χ3v) is 2.21. The summed E-state index contributed by atoms with van der Waals surface area (Å²) in [5.41, 5.74) is 4.96. The summed E-state index contributed by atoms with van der Waals surface area (Å²) >= 11 is 0. The Bertz CT molecular complexity index is 196. The first-order valence-corrected chi connectivity index (χ1v) is 4.00. The van der Waals surface area contributed by atoms with Gasteiger partial charge >= 0.3 is 6.18 Å². The van der Waals surface area contributed by atoms with Crippen LogP contribution in [0.25, 0.3) is 0 Å². The lowest BCUT2D eigenvalue weighted by Gasteiger charge is -2.29. The van der Waals surface area contributed by atoms with E-state index in [0.717, 1.165) is 0 Å². The van der Waals surface area contributed by atoms with E-state index >= 15 is 0 Å². The van der Waals surface area contributed by atoms with E-state index in [1.165, 1.54) is 0 Å². The molecule has 1 fully saturated rings. The Balaban J connectivity index is 2.44. The summed E-state index contributed by atoms with van der Waals surface area (Å²) in [6.45, 7) is 0.0273. The molecule has 3 N–H and O–H groups in total. The highest BCUT2D eigenvalue weighted by molar-refractivity contribution is 5.76. The Labute approximate surface area is 73.5 Å². The summed E-state index contributed by atoms with van der Waals surface area (Å²) in [7, 11) is 0. The molecular formula is C7H11F3N2O. The van der Waals surface area contributed by atoms with Gasteiger partial charge in [0.25, 0.3) is 0 Å². The second-order valence-corrected chi connectivity index (χ2v) is 3.18. The van der Waals surface area contributed by atoms with Gasteiger partial charge in [-0.25, -0.2) is 0 Å². The van der Waals surface area contributed by atoms with Crippen molar-refractivity contribution in [2.45, 2.75) is 25.1 Å². The Morgan fingerprint density at radius 1 is 1.38 bits per heavy atom. The van der Waals surface area contributed by atoms with Crippen LogP contribution in [0.4, 0.5) is 13.2 Å². The van der Waals surface area contributed by atoms with Crippen molar-refractivity contribution in [3.63, 3.8) is 0 Å². The van der Waals surface area contributed by atoms with Crippen molar-refractivity contribution in [3.05, 3.63) is 0 Å². The zero-order valence-corrected chi connectivity index (χ0v) is 6.90. The second kappa shape index (κ2) is 3.53. The first kappa shape index (κ1) is 10.3. The van der Waals surface area contributed by atoms with Crippen LogP contribution in [0.2, 0.25) is 0 Å². The predicted octanol–water partition coefficient (Wildman–Crippen LogP) is 0.402. The fourth-order valence-corrected chi connectivity index (χ4v) is 1.38. The number of nitrogens with two attached hydrogens (primary N) is 1. The first-order chi connectivity index (χ1) is 5.91. The van der Waals surface area contributed by atoms with Crippen LogP contribution in [0, 0.1) is 5.92 Å². The molecule has 1 heterocycles. The number of amides is 1. The van der Waals surface area contributed by atoms with Crippen molar-refractivity contribution < 1.29 is 18.0 Å². The largest absolute Gasteiger partial charge is 0.403 e. The lowest BCUT2D eigenvalue weighted by Crippen LogP contribution is -2.50. The lowest BCUT2D eigenvalue weighted by molar-refractivity contribution is -0.163. The van der Waals surface area contributed by atoms with E-state index in [1.54, 1.807) is 0 Å². The zero-order chi connectivity index (χ0) is 10.1. The van der Waals surface area contributed by atoms with Crippen LogP contribution in [0.3, 0.4) is 0 Å².